The number of rotatable bonds is 3. The molecule has 2 N–H and O–H groups in total. The Bertz CT molecular complexity index is 574. The molecule has 2 heterocycles. The molecule has 20 heavy (non-hydrogen) atoms. The average Bonchev–Trinajstić information content (AvgIpc) is 2.99. The maximum atomic E-state index is 12.1. The van der Waals surface area contributed by atoms with E-state index in [4.69, 9.17) is 0 Å². The van der Waals surface area contributed by atoms with Gasteiger partial charge in [-0.05, 0) is 31.5 Å². The maximum absolute atomic E-state index is 12.1. The van der Waals surface area contributed by atoms with Crippen molar-refractivity contribution in [2.24, 2.45) is 0 Å². The highest BCUT2D eigenvalue weighted by atomic mass is 16.2. The second-order valence-electron chi connectivity index (χ2n) is 4.90. The molecule has 1 atom stereocenters. The number of amides is 1. The summed E-state index contributed by atoms with van der Waals surface area (Å²) in [5, 5.41) is 14.2. The summed E-state index contributed by atoms with van der Waals surface area (Å²) in [4.78, 5) is 12.1. The Labute approximate surface area is 117 Å². The monoisotopic (exact) mass is 271 g/mol. The Kier molecular flexibility index (Phi) is 3.73. The van der Waals surface area contributed by atoms with Crippen LogP contribution in [0.3, 0.4) is 0 Å². The molecule has 1 fully saturated rings. The fraction of sp³-hybridized carbons (Fsp3) is 0.357. The van der Waals surface area contributed by atoms with Crippen molar-refractivity contribution in [2.75, 3.05) is 18.4 Å². The smallest absolute Gasteiger partial charge is 0.277 e. The number of para-hydroxylation sites is 1. The molecule has 0 radical (unpaired) electrons. The summed E-state index contributed by atoms with van der Waals surface area (Å²) >= 11 is 0. The van der Waals surface area contributed by atoms with Gasteiger partial charge in [0.15, 0.2) is 5.69 Å². The molecule has 1 amide bonds. The highest BCUT2D eigenvalue weighted by molar-refractivity contribution is 6.02. The van der Waals surface area contributed by atoms with E-state index in [2.05, 4.69) is 20.9 Å². The van der Waals surface area contributed by atoms with Gasteiger partial charge >= 0.3 is 0 Å². The topological polar surface area (TPSA) is 71.8 Å². The lowest BCUT2D eigenvalue weighted by Crippen LogP contribution is -2.31. The molecule has 1 aromatic heterocycles. The Morgan fingerprint density at radius 2 is 2.20 bits per heavy atom. The minimum absolute atomic E-state index is 0.230. The highest BCUT2D eigenvalue weighted by Gasteiger charge is 2.18. The van der Waals surface area contributed by atoms with Crippen LogP contribution < -0.4 is 10.6 Å². The fourth-order valence-corrected chi connectivity index (χ4v) is 2.34. The number of aromatic nitrogens is 3. The average molecular weight is 271 g/mol. The van der Waals surface area contributed by atoms with Gasteiger partial charge in [-0.3, -0.25) is 4.79 Å². The first-order chi connectivity index (χ1) is 9.83. The quantitative estimate of drug-likeness (QED) is 0.886. The Morgan fingerprint density at radius 3 is 2.95 bits per heavy atom. The Balaban J connectivity index is 1.68. The first kappa shape index (κ1) is 12.8. The van der Waals surface area contributed by atoms with Crippen LogP contribution in [0.5, 0.6) is 0 Å². The minimum Gasteiger partial charge on any atom is -0.321 e. The van der Waals surface area contributed by atoms with Crippen molar-refractivity contribution in [3.8, 4) is 0 Å². The van der Waals surface area contributed by atoms with Gasteiger partial charge < -0.3 is 10.6 Å². The van der Waals surface area contributed by atoms with Crippen LogP contribution in [0.25, 0.3) is 0 Å². The molecule has 3 rings (SSSR count). The minimum atomic E-state index is -0.230. The van der Waals surface area contributed by atoms with E-state index in [-0.39, 0.29) is 11.9 Å². The number of anilines is 1. The second-order valence-corrected chi connectivity index (χ2v) is 4.90. The summed E-state index contributed by atoms with van der Waals surface area (Å²) in [5.74, 6) is -0.230. The fourth-order valence-electron chi connectivity index (χ4n) is 2.34. The predicted molar refractivity (Wildman–Crippen MR) is 75.6 cm³/mol. The molecule has 0 saturated carbocycles. The first-order valence-electron chi connectivity index (χ1n) is 6.82. The van der Waals surface area contributed by atoms with Gasteiger partial charge in [0.1, 0.15) is 0 Å². The van der Waals surface area contributed by atoms with Crippen molar-refractivity contribution in [3.63, 3.8) is 0 Å². The SMILES string of the molecule is O=C(Nc1ccccc1)c1cn([C@@H]2CCCNC2)nn1. The van der Waals surface area contributed by atoms with E-state index in [0.717, 1.165) is 31.6 Å². The number of carbonyl (C=O) groups is 1. The van der Waals surface area contributed by atoms with E-state index in [1.807, 2.05) is 30.3 Å². The van der Waals surface area contributed by atoms with Crippen molar-refractivity contribution >= 4 is 11.6 Å². The number of nitrogens with one attached hydrogen (secondary N) is 2. The molecule has 1 saturated heterocycles. The van der Waals surface area contributed by atoms with Crippen LogP contribution in [0.1, 0.15) is 29.4 Å². The molecule has 6 nitrogen and oxygen atoms in total. The number of benzene rings is 1. The molecule has 1 aromatic carbocycles. The van der Waals surface area contributed by atoms with Crippen LogP contribution in [0.15, 0.2) is 36.5 Å². The van der Waals surface area contributed by atoms with E-state index >= 15 is 0 Å². The van der Waals surface area contributed by atoms with Gasteiger partial charge in [0.25, 0.3) is 5.91 Å². The second kappa shape index (κ2) is 5.83. The number of carbonyl (C=O) groups excluding carboxylic acids is 1. The van der Waals surface area contributed by atoms with Crippen LogP contribution in [0, 0.1) is 0 Å². The van der Waals surface area contributed by atoms with E-state index < -0.39 is 0 Å². The molecule has 6 heteroatoms. The Hall–Kier alpha value is -2.21. The van der Waals surface area contributed by atoms with Crippen molar-refractivity contribution in [1.29, 1.82) is 0 Å². The van der Waals surface area contributed by atoms with E-state index in [9.17, 15) is 4.79 Å². The lowest BCUT2D eigenvalue weighted by molar-refractivity contribution is 0.102. The summed E-state index contributed by atoms with van der Waals surface area (Å²) < 4.78 is 1.78. The molecule has 0 bridgehead atoms. The summed E-state index contributed by atoms with van der Waals surface area (Å²) in [7, 11) is 0. The largest absolute Gasteiger partial charge is 0.321 e. The third kappa shape index (κ3) is 2.85. The summed E-state index contributed by atoms with van der Waals surface area (Å²) in [6.45, 7) is 1.93. The van der Waals surface area contributed by atoms with Gasteiger partial charge in [-0.2, -0.15) is 0 Å². The third-order valence-corrected chi connectivity index (χ3v) is 3.42. The summed E-state index contributed by atoms with van der Waals surface area (Å²) in [6.07, 6.45) is 3.90. The van der Waals surface area contributed by atoms with Gasteiger partial charge in [-0.25, -0.2) is 4.68 Å². The summed E-state index contributed by atoms with van der Waals surface area (Å²) in [6, 6.07) is 9.62. The van der Waals surface area contributed by atoms with Crippen LogP contribution >= 0.6 is 0 Å². The zero-order valence-electron chi connectivity index (χ0n) is 11.1. The normalized spacial score (nSPS) is 18.7. The lowest BCUT2D eigenvalue weighted by atomic mass is 10.1. The molecule has 1 aliphatic heterocycles. The summed E-state index contributed by atoms with van der Waals surface area (Å²) in [5.41, 5.74) is 1.10. The van der Waals surface area contributed by atoms with Crippen molar-refractivity contribution in [1.82, 2.24) is 20.3 Å². The van der Waals surface area contributed by atoms with E-state index in [1.165, 1.54) is 0 Å². The molecule has 0 spiro atoms. The molecule has 0 aliphatic carbocycles. The number of nitrogens with zero attached hydrogens (tertiary/aromatic N) is 3. The number of hydrogen-bond donors (Lipinski definition) is 2. The highest BCUT2D eigenvalue weighted by Crippen LogP contribution is 2.15. The van der Waals surface area contributed by atoms with Crippen molar-refractivity contribution in [2.45, 2.75) is 18.9 Å². The maximum Gasteiger partial charge on any atom is 0.277 e. The molecular formula is C14H17N5O. The standard InChI is InChI=1S/C14H17N5O/c20-14(16-11-5-2-1-3-6-11)13-10-19(18-17-13)12-7-4-8-15-9-12/h1-3,5-6,10,12,15H,4,7-9H2,(H,16,20)/t12-/m1/s1. The Morgan fingerprint density at radius 1 is 1.35 bits per heavy atom. The molecule has 2 aromatic rings. The van der Waals surface area contributed by atoms with Crippen molar-refractivity contribution in [3.05, 3.63) is 42.2 Å². The van der Waals surface area contributed by atoms with E-state index in [1.54, 1.807) is 10.9 Å². The molecule has 1 aliphatic rings. The van der Waals surface area contributed by atoms with E-state index in [0.29, 0.717) is 5.69 Å². The van der Waals surface area contributed by atoms with Crippen LogP contribution in [0.4, 0.5) is 5.69 Å². The lowest BCUT2D eigenvalue weighted by Gasteiger charge is -2.22. The van der Waals surface area contributed by atoms with Crippen molar-refractivity contribution < 1.29 is 4.79 Å². The zero-order valence-corrected chi connectivity index (χ0v) is 11.1. The predicted octanol–water partition coefficient (Wildman–Crippen LogP) is 1.45. The van der Waals surface area contributed by atoms with Gasteiger partial charge in [0.2, 0.25) is 0 Å². The number of piperidine rings is 1. The molecule has 0 unspecified atom stereocenters. The van der Waals surface area contributed by atoms with Gasteiger partial charge in [0, 0.05) is 12.2 Å². The molecular weight excluding hydrogens is 254 g/mol. The number of hydrogen-bond acceptors (Lipinski definition) is 4. The third-order valence-electron chi connectivity index (χ3n) is 3.42. The van der Waals surface area contributed by atoms with Gasteiger partial charge in [-0.1, -0.05) is 23.4 Å². The molecule has 104 valence electrons. The zero-order chi connectivity index (χ0) is 13.8. The van der Waals surface area contributed by atoms with Gasteiger partial charge in [0.05, 0.1) is 12.2 Å². The van der Waals surface area contributed by atoms with Gasteiger partial charge in [-0.15, -0.1) is 5.10 Å². The first-order valence-corrected chi connectivity index (χ1v) is 6.82. The van der Waals surface area contributed by atoms with Crippen LogP contribution in [-0.2, 0) is 0 Å². The van der Waals surface area contributed by atoms with Crippen LogP contribution in [-0.4, -0.2) is 34.0 Å². The van der Waals surface area contributed by atoms with Crippen LogP contribution in [0.2, 0.25) is 0 Å².